The fourth-order valence-corrected chi connectivity index (χ4v) is 4.26. The first-order valence-electron chi connectivity index (χ1n) is 11.1. The molecule has 0 aromatic carbocycles. The highest BCUT2D eigenvalue weighted by molar-refractivity contribution is 7.58. The van der Waals surface area contributed by atoms with Crippen molar-refractivity contribution in [1.29, 1.82) is 0 Å². The lowest BCUT2D eigenvalue weighted by Gasteiger charge is -2.17. The fourth-order valence-electron chi connectivity index (χ4n) is 2.23. The summed E-state index contributed by atoms with van der Waals surface area (Å²) in [6, 6.07) is -0.642. The molecular formula is C19H42N2O9P2. The first kappa shape index (κ1) is 31.8. The predicted octanol–water partition coefficient (Wildman–Crippen LogP) is 2.83. The molecule has 0 bridgehead atoms. The van der Waals surface area contributed by atoms with Gasteiger partial charge in [0.1, 0.15) is 6.04 Å². The van der Waals surface area contributed by atoms with Crippen molar-refractivity contribution in [2.45, 2.75) is 57.9 Å². The van der Waals surface area contributed by atoms with Gasteiger partial charge in [0, 0.05) is 30.6 Å². The van der Waals surface area contributed by atoms with Gasteiger partial charge in [-0.2, -0.15) is 4.91 Å². The molecule has 3 N–H and O–H groups in total. The molecule has 0 aromatic rings. The maximum absolute atomic E-state index is 11.9. The summed E-state index contributed by atoms with van der Waals surface area (Å²) in [6.07, 6.45) is 0.919. The minimum absolute atomic E-state index is 0.0573. The molecule has 32 heavy (non-hydrogen) atoms. The Balaban J connectivity index is 3.48. The molecule has 0 aliphatic carbocycles. The molecule has 192 valence electrons. The van der Waals surface area contributed by atoms with E-state index in [-0.39, 0.29) is 30.5 Å². The van der Waals surface area contributed by atoms with Gasteiger partial charge in [0.15, 0.2) is 0 Å². The van der Waals surface area contributed by atoms with E-state index in [9.17, 15) is 23.8 Å². The molecule has 0 aliphatic rings. The Morgan fingerprint density at radius 2 is 1.31 bits per heavy atom. The van der Waals surface area contributed by atoms with Crippen LogP contribution in [0.3, 0.4) is 0 Å². The van der Waals surface area contributed by atoms with Crippen LogP contribution in [0, 0.1) is 4.91 Å². The van der Waals surface area contributed by atoms with Crippen LogP contribution in [0.4, 0.5) is 0 Å². The molecule has 0 radical (unpaired) electrons. The summed E-state index contributed by atoms with van der Waals surface area (Å²) in [5, 5.41) is 5.61. The molecule has 11 nitrogen and oxygen atoms in total. The first-order valence-corrected chi connectivity index (χ1v) is 14.7. The molecule has 3 unspecified atom stereocenters. The van der Waals surface area contributed by atoms with Crippen LogP contribution in [0.1, 0.15) is 40.5 Å². The molecule has 13 heteroatoms. The van der Waals surface area contributed by atoms with Crippen molar-refractivity contribution in [2.24, 2.45) is 5.18 Å². The second kappa shape index (κ2) is 18.2. The van der Waals surface area contributed by atoms with Gasteiger partial charge in [-0.05, 0) is 12.8 Å². The van der Waals surface area contributed by atoms with E-state index in [1.165, 1.54) is 0 Å². The second-order valence-corrected chi connectivity index (χ2v) is 13.6. The standard InChI is InChI=1S/C19H42N2O9P2/c1-17(2)31(23,24)15-6-19(21-22)16-30-14-13-29-12-11-28-10-9-27-8-5-7-20-32(25,26)18(3)4/h17-19H,5-16H2,1-4H3,(H,23,24)(H2,20,25,26). The zero-order valence-electron chi connectivity index (χ0n) is 19.8. The number of nitrogens with zero attached hydrogens (tertiary/aromatic N) is 1. The number of ether oxygens (including phenoxy) is 4. The van der Waals surface area contributed by atoms with E-state index in [4.69, 9.17) is 18.9 Å². The third kappa shape index (κ3) is 16.4. The molecular weight excluding hydrogens is 462 g/mol. The van der Waals surface area contributed by atoms with Gasteiger partial charge < -0.3 is 28.7 Å². The summed E-state index contributed by atoms with van der Waals surface area (Å²) in [5.41, 5.74) is -0.641. The Morgan fingerprint density at radius 3 is 1.78 bits per heavy atom. The minimum Gasteiger partial charge on any atom is -0.379 e. The summed E-state index contributed by atoms with van der Waals surface area (Å²) < 4.78 is 45.1. The normalized spacial score (nSPS) is 16.8. The maximum Gasteiger partial charge on any atom is 0.269 e. The number of nitroso groups, excluding NO2 is 1. The summed E-state index contributed by atoms with van der Waals surface area (Å²) >= 11 is 0. The van der Waals surface area contributed by atoms with E-state index in [0.717, 1.165) is 0 Å². The first-order chi connectivity index (χ1) is 15.0. The van der Waals surface area contributed by atoms with Crippen molar-refractivity contribution in [2.75, 3.05) is 65.6 Å². The highest BCUT2D eigenvalue weighted by atomic mass is 31.2. The smallest absolute Gasteiger partial charge is 0.269 e. The molecule has 0 saturated heterocycles. The van der Waals surface area contributed by atoms with Crippen molar-refractivity contribution in [3.05, 3.63) is 4.91 Å². The molecule has 0 spiro atoms. The zero-order valence-corrected chi connectivity index (χ0v) is 21.6. The van der Waals surface area contributed by atoms with Gasteiger partial charge in [-0.3, -0.25) is 9.13 Å². The molecule has 0 rings (SSSR count). The molecule has 3 atom stereocenters. The van der Waals surface area contributed by atoms with Crippen molar-refractivity contribution in [3.63, 3.8) is 0 Å². The van der Waals surface area contributed by atoms with E-state index in [1.807, 2.05) is 0 Å². The summed E-state index contributed by atoms with van der Waals surface area (Å²) in [5.74, 6) is 0. The number of hydrogen-bond acceptors (Lipinski definition) is 8. The van der Waals surface area contributed by atoms with Crippen LogP contribution in [-0.2, 0) is 28.1 Å². The molecule has 0 saturated carbocycles. The van der Waals surface area contributed by atoms with Crippen molar-refractivity contribution in [1.82, 2.24) is 5.09 Å². The topological polar surface area (TPSA) is 153 Å². The lowest BCUT2D eigenvalue weighted by atomic mass is 10.2. The van der Waals surface area contributed by atoms with Crippen LogP contribution in [-0.4, -0.2) is 92.7 Å². The Hall–Kier alpha value is -0.220. The number of nitrogens with one attached hydrogen (secondary N) is 1. The van der Waals surface area contributed by atoms with Gasteiger partial charge >= 0.3 is 0 Å². The number of rotatable bonds is 22. The lowest BCUT2D eigenvalue weighted by Crippen LogP contribution is -2.19. The Morgan fingerprint density at radius 1 is 0.812 bits per heavy atom. The van der Waals surface area contributed by atoms with Crippen molar-refractivity contribution < 1.29 is 37.9 Å². The maximum atomic E-state index is 11.9. The highest BCUT2D eigenvalue weighted by Crippen LogP contribution is 2.46. The van der Waals surface area contributed by atoms with Gasteiger partial charge in [0.05, 0.1) is 46.2 Å². The SMILES string of the molecule is CC(C)P(=O)(O)CCC(COCCOCCOCCOCCCNP(=O)(O)C(C)C)N=O. The van der Waals surface area contributed by atoms with E-state index in [0.29, 0.717) is 59.2 Å². The summed E-state index contributed by atoms with van der Waals surface area (Å²) in [4.78, 5) is 30.2. The Bertz CT molecular complexity index is 579. The second-order valence-electron chi connectivity index (χ2n) is 8.01. The van der Waals surface area contributed by atoms with E-state index < -0.39 is 20.9 Å². The van der Waals surface area contributed by atoms with Gasteiger partial charge in [0.2, 0.25) is 7.37 Å². The average molecular weight is 504 g/mol. The third-order valence-electron chi connectivity index (χ3n) is 4.67. The molecule has 0 heterocycles. The van der Waals surface area contributed by atoms with Crippen molar-refractivity contribution in [3.8, 4) is 0 Å². The largest absolute Gasteiger partial charge is 0.379 e. The third-order valence-corrected chi connectivity index (χ3v) is 9.26. The molecule has 0 amide bonds. The average Bonchev–Trinajstić information content (AvgIpc) is 2.72. The van der Waals surface area contributed by atoms with Crippen LogP contribution in [0.15, 0.2) is 5.18 Å². The van der Waals surface area contributed by atoms with Crippen LogP contribution in [0.2, 0.25) is 0 Å². The van der Waals surface area contributed by atoms with Gasteiger partial charge in [0.25, 0.3) is 7.52 Å². The monoisotopic (exact) mass is 504 g/mol. The Labute approximate surface area is 191 Å². The summed E-state index contributed by atoms with van der Waals surface area (Å²) in [7, 11) is -6.50. The molecule has 0 fully saturated rings. The van der Waals surface area contributed by atoms with Crippen LogP contribution in [0.5, 0.6) is 0 Å². The lowest BCUT2D eigenvalue weighted by molar-refractivity contribution is -0.00326. The van der Waals surface area contributed by atoms with Crippen molar-refractivity contribution >= 4 is 14.9 Å². The fraction of sp³-hybridized carbons (Fsp3) is 1.00. The van der Waals surface area contributed by atoms with Crippen LogP contribution < -0.4 is 5.09 Å². The van der Waals surface area contributed by atoms with E-state index >= 15 is 0 Å². The molecule has 0 aliphatic heterocycles. The summed E-state index contributed by atoms with van der Waals surface area (Å²) in [6.45, 7) is 10.1. The quantitative estimate of drug-likeness (QED) is 0.114. The minimum atomic E-state index is -3.26. The van der Waals surface area contributed by atoms with E-state index in [1.54, 1.807) is 27.7 Å². The van der Waals surface area contributed by atoms with Gasteiger partial charge in [-0.1, -0.05) is 32.9 Å². The molecule has 0 aromatic heterocycles. The Kier molecular flexibility index (Phi) is 18.0. The predicted molar refractivity (Wildman–Crippen MR) is 125 cm³/mol. The highest BCUT2D eigenvalue weighted by Gasteiger charge is 2.25. The van der Waals surface area contributed by atoms with Gasteiger partial charge in [-0.25, -0.2) is 5.09 Å². The number of hydrogen-bond donors (Lipinski definition) is 3. The zero-order chi connectivity index (χ0) is 24.5. The van der Waals surface area contributed by atoms with Crippen LogP contribution in [0.25, 0.3) is 0 Å². The van der Waals surface area contributed by atoms with Crippen LogP contribution >= 0.6 is 14.9 Å². The van der Waals surface area contributed by atoms with Gasteiger partial charge in [-0.15, -0.1) is 0 Å². The van der Waals surface area contributed by atoms with E-state index in [2.05, 4.69) is 10.3 Å².